The van der Waals surface area contributed by atoms with Gasteiger partial charge in [0.15, 0.2) is 4.96 Å². The summed E-state index contributed by atoms with van der Waals surface area (Å²) < 4.78 is 11.2. The molecule has 0 radical (unpaired) electrons. The van der Waals surface area contributed by atoms with Crippen molar-refractivity contribution in [1.82, 2.24) is 24.4 Å². The van der Waals surface area contributed by atoms with E-state index in [1.807, 2.05) is 36.5 Å². The molecule has 0 fully saturated rings. The van der Waals surface area contributed by atoms with Crippen LogP contribution >= 0.6 is 11.3 Å². The molecule has 9 nitrogen and oxygen atoms in total. The molecule has 0 aliphatic heterocycles. The lowest BCUT2D eigenvalue weighted by Gasteiger charge is -2.06. The molecule has 0 aliphatic rings. The van der Waals surface area contributed by atoms with Crippen LogP contribution < -0.4 is 0 Å². The number of nitrogens with zero attached hydrogens (tertiary/aromatic N) is 6. The SMILES string of the molecule is O=[N+]([O-])c1ccc(Cn2cc(COCc3c(-c4ccccc4)nc4sc5ccccc5n34)nn2)cc1. The van der Waals surface area contributed by atoms with Gasteiger partial charge < -0.3 is 4.74 Å². The van der Waals surface area contributed by atoms with Crippen LogP contribution in [0.2, 0.25) is 0 Å². The van der Waals surface area contributed by atoms with E-state index in [9.17, 15) is 10.1 Å². The molecule has 0 bridgehead atoms. The van der Waals surface area contributed by atoms with E-state index in [0.717, 1.165) is 33.0 Å². The van der Waals surface area contributed by atoms with Crippen molar-refractivity contribution in [1.29, 1.82) is 0 Å². The van der Waals surface area contributed by atoms with Crippen molar-refractivity contribution in [2.75, 3.05) is 0 Å². The average Bonchev–Trinajstić information content (AvgIpc) is 3.59. The van der Waals surface area contributed by atoms with Crippen LogP contribution in [-0.4, -0.2) is 29.3 Å². The summed E-state index contributed by atoms with van der Waals surface area (Å²) in [4.78, 5) is 16.3. The number of non-ortho nitro benzene ring substituents is 1. The minimum Gasteiger partial charge on any atom is -0.369 e. The monoisotopic (exact) mass is 496 g/mol. The van der Waals surface area contributed by atoms with Crippen molar-refractivity contribution < 1.29 is 9.66 Å². The van der Waals surface area contributed by atoms with Crippen LogP contribution in [0.15, 0.2) is 85.1 Å². The summed E-state index contributed by atoms with van der Waals surface area (Å²) in [6, 6.07) is 24.8. The molecule has 6 rings (SSSR count). The van der Waals surface area contributed by atoms with E-state index in [0.29, 0.717) is 25.5 Å². The van der Waals surface area contributed by atoms with E-state index in [-0.39, 0.29) is 5.69 Å². The lowest BCUT2D eigenvalue weighted by Crippen LogP contribution is -2.01. The predicted molar refractivity (Wildman–Crippen MR) is 137 cm³/mol. The number of fused-ring (bicyclic) bond motifs is 3. The van der Waals surface area contributed by atoms with Gasteiger partial charge >= 0.3 is 0 Å². The number of hydrogen-bond acceptors (Lipinski definition) is 7. The van der Waals surface area contributed by atoms with Gasteiger partial charge in [0.25, 0.3) is 5.69 Å². The van der Waals surface area contributed by atoms with Gasteiger partial charge in [0.05, 0.1) is 52.5 Å². The Morgan fingerprint density at radius 3 is 2.53 bits per heavy atom. The van der Waals surface area contributed by atoms with Gasteiger partial charge in [0, 0.05) is 17.7 Å². The van der Waals surface area contributed by atoms with Crippen molar-refractivity contribution in [2.24, 2.45) is 0 Å². The summed E-state index contributed by atoms with van der Waals surface area (Å²) in [5.41, 5.74) is 5.73. The number of ether oxygens (including phenoxy) is 1. The van der Waals surface area contributed by atoms with E-state index in [1.54, 1.807) is 28.2 Å². The lowest BCUT2D eigenvalue weighted by molar-refractivity contribution is -0.384. The number of para-hydroxylation sites is 1. The minimum atomic E-state index is -0.412. The zero-order valence-electron chi connectivity index (χ0n) is 19.0. The maximum atomic E-state index is 10.8. The third-order valence-electron chi connectivity index (χ3n) is 5.86. The molecule has 0 saturated carbocycles. The predicted octanol–water partition coefficient (Wildman–Crippen LogP) is 5.48. The second kappa shape index (κ2) is 9.33. The third kappa shape index (κ3) is 4.23. The standard InChI is InChI=1S/C26H20N6O3S/c33-32(34)21-12-10-18(11-13-21)14-30-15-20(28-29-30)16-35-17-23-25(19-6-2-1-3-7-19)27-26-31(23)22-8-4-5-9-24(22)36-26/h1-13,15H,14,16-17H2. The van der Waals surface area contributed by atoms with Gasteiger partial charge in [-0.05, 0) is 17.7 Å². The molecule has 6 aromatic rings. The molecule has 36 heavy (non-hydrogen) atoms. The molecule has 10 heteroatoms. The summed E-state index contributed by atoms with van der Waals surface area (Å²) in [6.45, 7) is 1.12. The van der Waals surface area contributed by atoms with Crippen LogP contribution in [0, 0.1) is 10.1 Å². The average molecular weight is 497 g/mol. The molecule has 0 aliphatic carbocycles. The van der Waals surface area contributed by atoms with E-state index in [2.05, 4.69) is 39.0 Å². The number of hydrogen-bond donors (Lipinski definition) is 0. The fourth-order valence-electron chi connectivity index (χ4n) is 4.18. The van der Waals surface area contributed by atoms with Crippen molar-refractivity contribution >= 4 is 32.2 Å². The van der Waals surface area contributed by atoms with Crippen molar-refractivity contribution in [3.05, 3.63) is 112 Å². The largest absolute Gasteiger partial charge is 0.369 e. The van der Waals surface area contributed by atoms with Crippen LogP contribution in [-0.2, 0) is 24.5 Å². The number of nitro groups is 1. The maximum Gasteiger partial charge on any atom is 0.269 e. The molecular formula is C26H20N6O3S. The molecule has 0 N–H and O–H groups in total. The summed E-state index contributed by atoms with van der Waals surface area (Å²) in [7, 11) is 0. The Kier molecular flexibility index (Phi) is 5.72. The van der Waals surface area contributed by atoms with Gasteiger partial charge in [-0.2, -0.15) is 0 Å². The van der Waals surface area contributed by atoms with Crippen LogP contribution in [0.3, 0.4) is 0 Å². The maximum absolute atomic E-state index is 10.8. The Labute approximate surface area is 209 Å². The first-order valence-corrected chi connectivity index (χ1v) is 12.1. The second-order valence-electron chi connectivity index (χ2n) is 8.28. The summed E-state index contributed by atoms with van der Waals surface area (Å²) in [6.07, 6.45) is 1.82. The number of aromatic nitrogens is 5. The van der Waals surface area contributed by atoms with Crippen LogP contribution in [0.1, 0.15) is 17.0 Å². The summed E-state index contributed by atoms with van der Waals surface area (Å²) in [5, 5.41) is 19.2. The Bertz CT molecular complexity index is 1670. The molecule has 0 atom stereocenters. The Morgan fingerprint density at radius 2 is 1.72 bits per heavy atom. The first-order chi connectivity index (χ1) is 17.7. The van der Waals surface area contributed by atoms with Crippen LogP contribution in [0.4, 0.5) is 5.69 Å². The number of benzene rings is 3. The number of imidazole rings is 1. The highest BCUT2D eigenvalue weighted by Gasteiger charge is 2.18. The number of nitro benzene ring substituents is 1. The molecular weight excluding hydrogens is 476 g/mol. The van der Waals surface area contributed by atoms with E-state index >= 15 is 0 Å². The molecule has 3 aromatic carbocycles. The number of rotatable bonds is 8. The fourth-order valence-corrected chi connectivity index (χ4v) is 5.22. The third-order valence-corrected chi connectivity index (χ3v) is 6.88. The van der Waals surface area contributed by atoms with Gasteiger partial charge in [0.1, 0.15) is 5.69 Å². The van der Waals surface area contributed by atoms with Crippen molar-refractivity contribution in [3.63, 3.8) is 0 Å². The summed E-state index contributed by atoms with van der Waals surface area (Å²) in [5.74, 6) is 0. The van der Waals surface area contributed by atoms with Gasteiger partial charge in [-0.3, -0.25) is 14.5 Å². The van der Waals surface area contributed by atoms with E-state index < -0.39 is 4.92 Å². The lowest BCUT2D eigenvalue weighted by atomic mass is 10.1. The van der Waals surface area contributed by atoms with E-state index in [4.69, 9.17) is 9.72 Å². The van der Waals surface area contributed by atoms with Crippen molar-refractivity contribution in [3.8, 4) is 11.3 Å². The zero-order chi connectivity index (χ0) is 24.5. The second-order valence-corrected chi connectivity index (χ2v) is 9.29. The molecule has 0 unspecified atom stereocenters. The van der Waals surface area contributed by atoms with Crippen LogP contribution in [0.25, 0.3) is 26.4 Å². The number of thiazole rings is 1. The zero-order valence-corrected chi connectivity index (χ0v) is 19.8. The van der Waals surface area contributed by atoms with Crippen LogP contribution in [0.5, 0.6) is 0 Å². The van der Waals surface area contributed by atoms with Gasteiger partial charge in [0.2, 0.25) is 0 Å². The minimum absolute atomic E-state index is 0.0636. The highest BCUT2D eigenvalue weighted by molar-refractivity contribution is 7.23. The summed E-state index contributed by atoms with van der Waals surface area (Å²) >= 11 is 1.66. The first kappa shape index (κ1) is 22.1. The van der Waals surface area contributed by atoms with Crippen molar-refractivity contribution in [2.45, 2.75) is 19.8 Å². The molecule has 0 saturated heterocycles. The molecule has 178 valence electrons. The first-order valence-electron chi connectivity index (χ1n) is 11.3. The Balaban J connectivity index is 1.21. The molecule has 0 spiro atoms. The van der Waals surface area contributed by atoms with Gasteiger partial charge in [-0.15, -0.1) is 5.10 Å². The topological polar surface area (TPSA) is 100 Å². The Morgan fingerprint density at radius 1 is 0.944 bits per heavy atom. The quantitative estimate of drug-likeness (QED) is 0.204. The molecule has 0 amide bonds. The molecule has 3 heterocycles. The van der Waals surface area contributed by atoms with E-state index in [1.165, 1.54) is 16.8 Å². The van der Waals surface area contributed by atoms with Gasteiger partial charge in [-0.25, -0.2) is 9.67 Å². The Hall–Kier alpha value is -4.41. The molecule has 3 aromatic heterocycles. The smallest absolute Gasteiger partial charge is 0.269 e. The fraction of sp³-hybridized carbons (Fsp3) is 0.115. The van der Waals surface area contributed by atoms with Gasteiger partial charge in [-0.1, -0.05) is 71.1 Å². The highest BCUT2D eigenvalue weighted by Crippen LogP contribution is 2.33. The normalized spacial score (nSPS) is 11.4. The highest BCUT2D eigenvalue weighted by atomic mass is 32.1.